The summed E-state index contributed by atoms with van der Waals surface area (Å²) in [7, 11) is 1.62. The standard InChI is InChI=1S/C22H27NO4/c1-3-14-8-10-15(11-9-14)19-18-20(24)16-6-4-5-7-17(16)27-21(18)22(25)23(19)12-13-26-2/h8-11,16-17,19H,3-7,12-13H2,1-2H3. The molecular formula is C22H27NO4. The van der Waals surface area contributed by atoms with Crippen LogP contribution in [0.15, 0.2) is 35.6 Å². The third-order valence-corrected chi connectivity index (χ3v) is 6.10. The van der Waals surface area contributed by atoms with Crippen molar-refractivity contribution < 1.29 is 19.1 Å². The fourth-order valence-electron chi connectivity index (χ4n) is 4.59. The lowest BCUT2D eigenvalue weighted by molar-refractivity contribution is -0.135. The molecule has 0 bridgehead atoms. The summed E-state index contributed by atoms with van der Waals surface area (Å²) in [6, 6.07) is 7.85. The SMILES string of the molecule is CCc1ccc(C2C3=C(OC4CCCCC4C3=O)C(=O)N2CCOC)cc1. The molecule has 0 N–H and O–H groups in total. The Labute approximate surface area is 160 Å². The molecule has 5 heteroatoms. The van der Waals surface area contributed by atoms with Crippen LogP contribution in [-0.4, -0.2) is 43.0 Å². The summed E-state index contributed by atoms with van der Waals surface area (Å²) in [5, 5.41) is 0. The van der Waals surface area contributed by atoms with Gasteiger partial charge in [-0.15, -0.1) is 0 Å². The van der Waals surface area contributed by atoms with E-state index in [1.54, 1.807) is 12.0 Å². The number of hydrogen-bond donors (Lipinski definition) is 0. The van der Waals surface area contributed by atoms with Crippen LogP contribution in [0.1, 0.15) is 49.8 Å². The van der Waals surface area contributed by atoms with Crippen LogP contribution in [0.4, 0.5) is 0 Å². The normalized spacial score (nSPS) is 27.5. The van der Waals surface area contributed by atoms with Crippen LogP contribution < -0.4 is 0 Å². The van der Waals surface area contributed by atoms with Crippen LogP contribution in [0.5, 0.6) is 0 Å². The molecule has 0 saturated heterocycles. The molecule has 1 aliphatic carbocycles. The molecule has 1 saturated carbocycles. The zero-order valence-electron chi connectivity index (χ0n) is 16.1. The summed E-state index contributed by atoms with van der Waals surface area (Å²) in [5.41, 5.74) is 2.76. The number of carbonyl (C=O) groups is 2. The molecule has 5 nitrogen and oxygen atoms in total. The lowest BCUT2D eigenvalue weighted by atomic mass is 9.77. The Hall–Kier alpha value is -2.14. The van der Waals surface area contributed by atoms with Gasteiger partial charge in [0.1, 0.15) is 6.10 Å². The third-order valence-electron chi connectivity index (χ3n) is 6.10. The zero-order chi connectivity index (χ0) is 19.0. The maximum Gasteiger partial charge on any atom is 0.290 e. The molecule has 3 atom stereocenters. The highest BCUT2D eigenvalue weighted by Gasteiger charge is 2.51. The van der Waals surface area contributed by atoms with Crippen LogP contribution in [0, 0.1) is 5.92 Å². The molecule has 144 valence electrons. The molecule has 0 aromatic heterocycles. The first-order chi connectivity index (χ1) is 13.2. The Balaban J connectivity index is 1.75. The van der Waals surface area contributed by atoms with Crippen molar-refractivity contribution in [1.82, 2.24) is 4.90 Å². The number of aryl methyl sites for hydroxylation is 1. The summed E-state index contributed by atoms with van der Waals surface area (Å²) >= 11 is 0. The molecule has 3 unspecified atom stereocenters. The van der Waals surface area contributed by atoms with E-state index in [-0.39, 0.29) is 35.5 Å². The maximum atomic E-state index is 13.4. The molecule has 1 aromatic rings. The first-order valence-electron chi connectivity index (χ1n) is 9.99. The van der Waals surface area contributed by atoms with Crippen molar-refractivity contribution >= 4 is 11.7 Å². The van der Waals surface area contributed by atoms with Gasteiger partial charge in [0.05, 0.1) is 24.1 Å². The second-order valence-corrected chi connectivity index (χ2v) is 7.64. The fourth-order valence-corrected chi connectivity index (χ4v) is 4.59. The van der Waals surface area contributed by atoms with Gasteiger partial charge in [0.25, 0.3) is 5.91 Å². The number of carbonyl (C=O) groups excluding carboxylic acids is 2. The van der Waals surface area contributed by atoms with Crippen LogP contribution in [-0.2, 0) is 25.5 Å². The number of benzene rings is 1. The van der Waals surface area contributed by atoms with E-state index >= 15 is 0 Å². The number of Topliss-reactive ketones (excluding diaryl/α,β-unsaturated/α-hetero) is 1. The number of amides is 1. The second kappa shape index (κ2) is 7.47. The van der Waals surface area contributed by atoms with Gasteiger partial charge in [-0.05, 0) is 36.8 Å². The quantitative estimate of drug-likeness (QED) is 0.800. The number of hydrogen-bond acceptors (Lipinski definition) is 4. The largest absolute Gasteiger partial charge is 0.483 e. The molecule has 0 radical (unpaired) electrons. The van der Waals surface area contributed by atoms with E-state index in [0.717, 1.165) is 37.7 Å². The Morgan fingerprint density at radius 1 is 1.15 bits per heavy atom. The zero-order valence-corrected chi connectivity index (χ0v) is 16.1. The first-order valence-corrected chi connectivity index (χ1v) is 9.99. The summed E-state index contributed by atoms with van der Waals surface area (Å²) in [6.45, 7) is 2.98. The lowest BCUT2D eigenvalue weighted by Crippen LogP contribution is -2.39. The highest BCUT2D eigenvalue weighted by molar-refractivity contribution is 6.11. The Bertz CT molecular complexity index is 767. The minimum absolute atomic E-state index is 0.106. The third kappa shape index (κ3) is 3.08. The average molecular weight is 369 g/mol. The van der Waals surface area contributed by atoms with Gasteiger partial charge in [-0.2, -0.15) is 0 Å². The maximum absolute atomic E-state index is 13.4. The average Bonchev–Trinajstić information content (AvgIpc) is 2.99. The van der Waals surface area contributed by atoms with Crippen LogP contribution in [0.25, 0.3) is 0 Å². The van der Waals surface area contributed by atoms with E-state index in [0.29, 0.717) is 18.7 Å². The van der Waals surface area contributed by atoms with Gasteiger partial charge in [-0.25, -0.2) is 0 Å². The van der Waals surface area contributed by atoms with Crippen molar-refractivity contribution in [3.63, 3.8) is 0 Å². The van der Waals surface area contributed by atoms with Gasteiger partial charge in [-0.1, -0.05) is 37.6 Å². The molecule has 3 aliphatic rings. The summed E-state index contributed by atoms with van der Waals surface area (Å²) in [4.78, 5) is 28.2. The Morgan fingerprint density at radius 3 is 2.59 bits per heavy atom. The van der Waals surface area contributed by atoms with Crippen molar-refractivity contribution in [1.29, 1.82) is 0 Å². The van der Waals surface area contributed by atoms with Gasteiger partial charge in [0, 0.05) is 13.7 Å². The van der Waals surface area contributed by atoms with Crippen molar-refractivity contribution in [2.45, 2.75) is 51.2 Å². The van der Waals surface area contributed by atoms with E-state index in [9.17, 15) is 9.59 Å². The number of ketones is 1. The number of nitrogens with zero attached hydrogens (tertiary/aromatic N) is 1. The van der Waals surface area contributed by atoms with Crippen LogP contribution in [0.3, 0.4) is 0 Å². The fraction of sp³-hybridized carbons (Fsp3) is 0.545. The molecule has 27 heavy (non-hydrogen) atoms. The van der Waals surface area contributed by atoms with Crippen molar-refractivity contribution in [2.24, 2.45) is 5.92 Å². The molecule has 4 rings (SSSR count). The van der Waals surface area contributed by atoms with Crippen molar-refractivity contribution in [2.75, 3.05) is 20.3 Å². The van der Waals surface area contributed by atoms with E-state index < -0.39 is 0 Å². The summed E-state index contributed by atoms with van der Waals surface area (Å²) < 4.78 is 11.3. The van der Waals surface area contributed by atoms with E-state index in [4.69, 9.17) is 9.47 Å². The minimum atomic E-state index is -0.371. The molecule has 1 aromatic carbocycles. The van der Waals surface area contributed by atoms with E-state index in [2.05, 4.69) is 19.1 Å². The molecule has 0 spiro atoms. The van der Waals surface area contributed by atoms with Crippen molar-refractivity contribution in [3.8, 4) is 0 Å². The molecular weight excluding hydrogens is 342 g/mol. The summed E-state index contributed by atoms with van der Waals surface area (Å²) in [5.74, 6) is 0.108. The molecule has 2 heterocycles. The van der Waals surface area contributed by atoms with Gasteiger partial charge in [0.2, 0.25) is 0 Å². The van der Waals surface area contributed by atoms with Gasteiger partial charge in [0.15, 0.2) is 11.5 Å². The highest BCUT2D eigenvalue weighted by Crippen LogP contribution is 2.46. The Morgan fingerprint density at radius 2 is 1.89 bits per heavy atom. The molecule has 1 fully saturated rings. The monoisotopic (exact) mass is 369 g/mol. The number of fused-ring (bicyclic) bond motifs is 1. The number of rotatable bonds is 5. The van der Waals surface area contributed by atoms with Gasteiger partial charge < -0.3 is 14.4 Å². The molecule has 2 aliphatic heterocycles. The predicted molar refractivity (Wildman–Crippen MR) is 101 cm³/mol. The number of ether oxygens (including phenoxy) is 2. The lowest BCUT2D eigenvalue weighted by Gasteiger charge is -2.35. The smallest absolute Gasteiger partial charge is 0.290 e. The highest BCUT2D eigenvalue weighted by atomic mass is 16.5. The second-order valence-electron chi connectivity index (χ2n) is 7.64. The van der Waals surface area contributed by atoms with Crippen molar-refractivity contribution in [3.05, 3.63) is 46.7 Å². The van der Waals surface area contributed by atoms with Gasteiger partial charge >= 0.3 is 0 Å². The van der Waals surface area contributed by atoms with Crippen LogP contribution in [0.2, 0.25) is 0 Å². The topological polar surface area (TPSA) is 55.8 Å². The van der Waals surface area contributed by atoms with E-state index in [1.165, 1.54) is 5.56 Å². The summed E-state index contributed by atoms with van der Waals surface area (Å²) in [6.07, 6.45) is 4.63. The predicted octanol–water partition coefficient (Wildman–Crippen LogP) is 3.19. The van der Waals surface area contributed by atoms with Gasteiger partial charge in [-0.3, -0.25) is 9.59 Å². The first kappa shape index (κ1) is 18.2. The minimum Gasteiger partial charge on any atom is -0.483 e. The molecule has 1 amide bonds. The van der Waals surface area contributed by atoms with E-state index in [1.807, 2.05) is 12.1 Å². The Kier molecular flexibility index (Phi) is 5.04. The van der Waals surface area contributed by atoms with Crippen LogP contribution >= 0.6 is 0 Å². The number of methoxy groups -OCH3 is 1.